The second-order valence-electron chi connectivity index (χ2n) is 6.17. The number of hydrogen-bond donors (Lipinski definition) is 1. The molecule has 1 unspecified atom stereocenters. The van der Waals surface area contributed by atoms with Gasteiger partial charge in [-0.1, -0.05) is 29.5 Å². The van der Waals surface area contributed by atoms with Crippen LogP contribution in [0, 0.1) is 13.8 Å². The van der Waals surface area contributed by atoms with E-state index in [1.807, 2.05) is 56.7 Å². The summed E-state index contributed by atoms with van der Waals surface area (Å²) < 4.78 is 1.88. The predicted octanol–water partition coefficient (Wildman–Crippen LogP) is 3.61. The molecule has 1 amide bonds. The van der Waals surface area contributed by atoms with E-state index in [1.165, 1.54) is 17.3 Å². The number of anilines is 1. The summed E-state index contributed by atoms with van der Waals surface area (Å²) in [5, 5.41) is 11.8. The van der Waals surface area contributed by atoms with Gasteiger partial charge in [0.1, 0.15) is 0 Å². The fourth-order valence-corrected chi connectivity index (χ4v) is 3.38. The van der Waals surface area contributed by atoms with Crippen LogP contribution in [0.2, 0.25) is 0 Å². The normalized spacial score (nSPS) is 12.0. The third-order valence-corrected chi connectivity index (χ3v) is 5.18. The number of carbonyl (C=O) groups is 1. The first kappa shape index (κ1) is 18.1. The molecule has 0 radical (unpaired) electrons. The van der Waals surface area contributed by atoms with Crippen LogP contribution in [-0.2, 0) is 11.8 Å². The molecule has 7 heteroatoms. The summed E-state index contributed by atoms with van der Waals surface area (Å²) in [7, 11) is 1.89. The maximum Gasteiger partial charge on any atom is 0.237 e. The minimum absolute atomic E-state index is 0.0621. The van der Waals surface area contributed by atoms with E-state index in [2.05, 4.69) is 26.6 Å². The van der Waals surface area contributed by atoms with Crippen molar-refractivity contribution in [2.45, 2.75) is 31.2 Å². The molecule has 3 rings (SSSR count). The highest BCUT2D eigenvalue weighted by molar-refractivity contribution is 8.00. The highest BCUT2D eigenvalue weighted by atomic mass is 32.2. The Morgan fingerprint density at radius 2 is 2.04 bits per heavy atom. The molecule has 1 aromatic carbocycles. The number of pyridine rings is 1. The van der Waals surface area contributed by atoms with E-state index in [9.17, 15) is 4.79 Å². The van der Waals surface area contributed by atoms with E-state index in [-0.39, 0.29) is 11.2 Å². The number of nitrogens with zero attached hydrogens (tertiary/aromatic N) is 4. The lowest BCUT2D eigenvalue weighted by molar-refractivity contribution is -0.115. The Labute approximate surface area is 157 Å². The van der Waals surface area contributed by atoms with E-state index in [0.29, 0.717) is 5.16 Å². The van der Waals surface area contributed by atoms with Crippen molar-refractivity contribution in [2.75, 3.05) is 5.32 Å². The number of benzene rings is 1. The van der Waals surface area contributed by atoms with Crippen molar-refractivity contribution in [3.05, 3.63) is 53.9 Å². The molecule has 0 aliphatic carbocycles. The predicted molar refractivity (Wildman–Crippen MR) is 104 cm³/mol. The zero-order valence-electron chi connectivity index (χ0n) is 15.2. The molecule has 0 saturated heterocycles. The molecule has 2 aromatic heterocycles. The number of thioether (sulfide) groups is 1. The lowest BCUT2D eigenvalue weighted by Gasteiger charge is -2.13. The molecule has 0 fully saturated rings. The van der Waals surface area contributed by atoms with Gasteiger partial charge in [-0.2, -0.15) is 0 Å². The minimum atomic E-state index is -0.305. The van der Waals surface area contributed by atoms with Gasteiger partial charge >= 0.3 is 0 Å². The summed E-state index contributed by atoms with van der Waals surface area (Å²) in [6.07, 6.45) is 3.46. The molecule has 6 nitrogen and oxygen atoms in total. The number of aryl methyl sites for hydroxylation is 2. The lowest BCUT2D eigenvalue weighted by atomic mass is 10.1. The Morgan fingerprint density at radius 1 is 1.23 bits per heavy atom. The van der Waals surface area contributed by atoms with E-state index in [0.717, 1.165) is 22.6 Å². The molecule has 26 heavy (non-hydrogen) atoms. The number of rotatable bonds is 5. The molecular weight excluding hydrogens is 346 g/mol. The molecule has 3 aromatic rings. The van der Waals surface area contributed by atoms with Gasteiger partial charge in [-0.25, -0.2) is 0 Å². The smallest absolute Gasteiger partial charge is 0.237 e. The first-order chi connectivity index (χ1) is 12.5. The van der Waals surface area contributed by atoms with Crippen LogP contribution in [0.4, 0.5) is 5.69 Å². The van der Waals surface area contributed by atoms with Crippen LogP contribution in [0.25, 0.3) is 11.4 Å². The highest BCUT2D eigenvalue weighted by Gasteiger charge is 2.20. The molecule has 0 saturated carbocycles. The summed E-state index contributed by atoms with van der Waals surface area (Å²) in [5.74, 6) is 0.662. The summed E-state index contributed by atoms with van der Waals surface area (Å²) >= 11 is 1.38. The maximum atomic E-state index is 12.5. The third-order valence-electron chi connectivity index (χ3n) is 4.05. The fraction of sp³-hybridized carbons (Fsp3) is 0.263. The summed E-state index contributed by atoms with van der Waals surface area (Å²) in [6.45, 7) is 5.89. The number of hydrogen-bond acceptors (Lipinski definition) is 5. The van der Waals surface area contributed by atoms with Gasteiger partial charge < -0.3 is 9.88 Å². The van der Waals surface area contributed by atoms with Gasteiger partial charge in [-0.3, -0.25) is 9.78 Å². The minimum Gasteiger partial charge on any atom is -0.325 e. The largest absolute Gasteiger partial charge is 0.325 e. The van der Waals surface area contributed by atoms with E-state index >= 15 is 0 Å². The number of aromatic nitrogens is 4. The monoisotopic (exact) mass is 367 g/mol. The van der Waals surface area contributed by atoms with Gasteiger partial charge in [0.2, 0.25) is 5.91 Å². The van der Waals surface area contributed by atoms with Crippen LogP contribution < -0.4 is 5.32 Å². The van der Waals surface area contributed by atoms with Gasteiger partial charge in [0.15, 0.2) is 11.0 Å². The quantitative estimate of drug-likeness (QED) is 0.698. The number of amides is 1. The Kier molecular flexibility index (Phi) is 5.37. The van der Waals surface area contributed by atoms with Gasteiger partial charge in [0, 0.05) is 30.7 Å². The van der Waals surface area contributed by atoms with Crippen molar-refractivity contribution in [3.63, 3.8) is 0 Å². The van der Waals surface area contributed by atoms with Crippen LogP contribution in [0.15, 0.2) is 47.9 Å². The Balaban J connectivity index is 1.71. The Hall–Kier alpha value is -2.67. The van der Waals surface area contributed by atoms with Crippen molar-refractivity contribution in [1.29, 1.82) is 0 Å². The van der Waals surface area contributed by atoms with Gasteiger partial charge in [-0.15, -0.1) is 10.2 Å². The highest BCUT2D eigenvalue weighted by Crippen LogP contribution is 2.26. The first-order valence-electron chi connectivity index (χ1n) is 8.30. The fourth-order valence-electron chi connectivity index (χ4n) is 2.56. The van der Waals surface area contributed by atoms with Crippen molar-refractivity contribution in [3.8, 4) is 11.4 Å². The van der Waals surface area contributed by atoms with Crippen LogP contribution in [0.3, 0.4) is 0 Å². The third kappa shape index (κ3) is 3.94. The van der Waals surface area contributed by atoms with Crippen molar-refractivity contribution >= 4 is 23.4 Å². The number of carbonyl (C=O) groups excluding carboxylic acids is 1. The molecule has 1 N–H and O–H groups in total. The van der Waals surface area contributed by atoms with Crippen LogP contribution in [-0.4, -0.2) is 30.9 Å². The van der Waals surface area contributed by atoms with Gasteiger partial charge in [0.05, 0.1) is 5.25 Å². The second-order valence-corrected chi connectivity index (χ2v) is 7.48. The summed E-state index contributed by atoms with van der Waals surface area (Å²) in [5.41, 5.74) is 3.95. The molecular formula is C19H21N5OS. The van der Waals surface area contributed by atoms with Gasteiger partial charge in [0.25, 0.3) is 0 Å². The summed E-state index contributed by atoms with van der Waals surface area (Å²) in [4.78, 5) is 16.7. The van der Waals surface area contributed by atoms with Crippen molar-refractivity contribution in [2.24, 2.45) is 7.05 Å². The Bertz CT molecular complexity index is 923. The average Bonchev–Trinajstić information content (AvgIpc) is 2.98. The standard InChI is InChI=1S/C19H21N5OS/c1-12-7-8-16(13(2)10-12)21-18(25)14(3)26-19-23-22-17(24(19)4)15-6-5-9-20-11-15/h5-11,14H,1-4H3,(H,21,25). The van der Waals surface area contributed by atoms with E-state index in [4.69, 9.17) is 0 Å². The Morgan fingerprint density at radius 3 is 2.73 bits per heavy atom. The van der Waals surface area contributed by atoms with Gasteiger partial charge in [-0.05, 0) is 44.5 Å². The topological polar surface area (TPSA) is 72.7 Å². The maximum absolute atomic E-state index is 12.5. The van der Waals surface area contributed by atoms with Crippen LogP contribution in [0.5, 0.6) is 0 Å². The second kappa shape index (κ2) is 7.70. The molecule has 0 aliphatic heterocycles. The molecule has 1 atom stereocenters. The molecule has 0 spiro atoms. The van der Waals surface area contributed by atoms with Crippen LogP contribution >= 0.6 is 11.8 Å². The molecule has 2 heterocycles. The van der Waals surface area contributed by atoms with E-state index < -0.39 is 0 Å². The lowest BCUT2D eigenvalue weighted by Crippen LogP contribution is -2.23. The molecule has 134 valence electrons. The zero-order valence-corrected chi connectivity index (χ0v) is 16.0. The first-order valence-corrected chi connectivity index (χ1v) is 9.18. The SMILES string of the molecule is Cc1ccc(NC(=O)C(C)Sc2nnc(-c3cccnc3)n2C)c(C)c1. The molecule has 0 bridgehead atoms. The van der Waals surface area contributed by atoms with Crippen LogP contribution in [0.1, 0.15) is 18.1 Å². The van der Waals surface area contributed by atoms with Crippen molar-refractivity contribution < 1.29 is 4.79 Å². The summed E-state index contributed by atoms with van der Waals surface area (Å²) in [6, 6.07) is 9.76. The number of nitrogens with one attached hydrogen (secondary N) is 1. The van der Waals surface area contributed by atoms with Crippen molar-refractivity contribution in [1.82, 2.24) is 19.7 Å². The van der Waals surface area contributed by atoms with E-state index in [1.54, 1.807) is 12.4 Å². The zero-order chi connectivity index (χ0) is 18.7. The average molecular weight is 367 g/mol. The molecule has 0 aliphatic rings.